The minimum absolute atomic E-state index is 0.157. The van der Waals surface area contributed by atoms with Gasteiger partial charge >= 0.3 is 0 Å². The van der Waals surface area contributed by atoms with Crippen molar-refractivity contribution in [3.05, 3.63) is 36.0 Å². The smallest absolute Gasteiger partial charge is 0.222 e. The summed E-state index contributed by atoms with van der Waals surface area (Å²) in [6.45, 7) is 1.25. The number of hydrogen-bond donors (Lipinski definition) is 2. The Hall–Kier alpha value is -1.86. The SMILES string of the molecule is CS(=O)(=O)NC1(CC2CC2)CCN(C(=O)CCc2c[nH]c3ccccc23)CC1. The van der Waals surface area contributed by atoms with E-state index in [1.807, 2.05) is 29.3 Å². The van der Waals surface area contributed by atoms with Gasteiger partial charge < -0.3 is 9.88 Å². The van der Waals surface area contributed by atoms with Crippen LogP contribution in [0.5, 0.6) is 0 Å². The normalized spacial score (nSPS) is 19.8. The third-order valence-electron chi connectivity index (χ3n) is 6.13. The van der Waals surface area contributed by atoms with Crippen LogP contribution in [0.2, 0.25) is 0 Å². The van der Waals surface area contributed by atoms with E-state index >= 15 is 0 Å². The number of carbonyl (C=O) groups excluding carboxylic acids is 1. The summed E-state index contributed by atoms with van der Waals surface area (Å²) in [6.07, 6.45) is 9.12. The molecule has 0 unspecified atom stereocenters. The van der Waals surface area contributed by atoms with Gasteiger partial charge in [-0.1, -0.05) is 31.0 Å². The topological polar surface area (TPSA) is 82.3 Å². The van der Waals surface area contributed by atoms with Gasteiger partial charge in [0.2, 0.25) is 15.9 Å². The summed E-state index contributed by atoms with van der Waals surface area (Å²) in [7, 11) is -3.26. The molecule has 2 N–H and O–H groups in total. The second-order valence-electron chi connectivity index (χ2n) is 8.54. The lowest BCUT2D eigenvalue weighted by Crippen LogP contribution is -2.56. The number of rotatable bonds is 7. The molecule has 2 aromatic rings. The number of amides is 1. The Balaban J connectivity index is 1.35. The Morgan fingerprint density at radius 3 is 2.64 bits per heavy atom. The quantitative estimate of drug-likeness (QED) is 0.746. The zero-order valence-electron chi connectivity index (χ0n) is 16.4. The highest BCUT2D eigenvalue weighted by molar-refractivity contribution is 7.88. The van der Waals surface area contributed by atoms with Crippen LogP contribution in [0.3, 0.4) is 0 Å². The van der Waals surface area contributed by atoms with E-state index in [9.17, 15) is 13.2 Å². The van der Waals surface area contributed by atoms with E-state index in [0.29, 0.717) is 44.7 Å². The van der Waals surface area contributed by atoms with Crippen LogP contribution in [0.4, 0.5) is 0 Å². The molecule has 1 saturated carbocycles. The van der Waals surface area contributed by atoms with Gasteiger partial charge in [0.15, 0.2) is 0 Å². The molecule has 2 fully saturated rings. The Labute approximate surface area is 166 Å². The summed E-state index contributed by atoms with van der Waals surface area (Å²) in [6, 6.07) is 8.13. The lowest BCUT2D eigenvalue weighted by Gasteiger charge is -2.42. The van der Waals surface area contributed by atoms with Crippen molar-refractivity contribution < 1.29 is 13.2 Å². The van der Waals surface area contributed by atoms with E-state index in [1.54, 1.807) is 0 Å². The zero-order valence-corrected chi connectivity index (χ0v) is 17.2. The number of carbonyl (C=O) groups is 1. The van der Waals surface area contributed by atoms with Crippen LogP contribution in [0, 0.1) is 5.92 Å². The van der Waals surface area contributed by atoms with Crippen LogP contribution in [-0.2, 0) is 21.2 Å². The zero-order chi connectivity index (χ0) is 19.8. The summed E-state index contributed by atoms with van der Waals surface area (Å²) in [5, 5.41) is 1.18. The number of nitrogens with one attached hydrogen (secondary N) is 2. The first-order valence-electron chi connectivity index (χ1n) is 10.2. The molecule has 1 aliphatic heterocycles. The van der Waals surface area contributed by atoms with Crippen molar-refractivity contribution in [1.82, 2.24) is 14.6 Å². The van der Waals surface area contributed by atoms with Crippen LogP contribution >= 0.6 is 0 Å². The van der Waals surface area contributed by atoms with Crippen LogP contribution in [0.15, 0.2) is 30.5 Å². The lowest BCUT2D eigenvalue weighted by molar-refractivity contribution is -0.132. The maximum atomic E-state index is 12.7. The summed E-state index contributed by atoms with van der Waals surface area (Å²) >= 11 is 0. The number of hydrogen-bond acceptors (Lipinski definition) is 3. The first-order valence-corrected chi connectivity index (χ1v) is 12.0. The molecular weight excluding hydrogens is 374 g/mol. The van der Waals surface area contributed by atoms with Gasteiger partial charge in [-0.2, -0.15) is 0 Å². The van der Waals surface area contributed by atoms with E-state index in [0.717, 1.165) is 11.9 Å². The lowest BCUT2D eigenvalue weighted by atomic mass is 9.83. The molecule has 7 heteroatoms. The van der Waals surface area contributed by atoms with E-state index in [2.05, 4.69) is 15.8 Å². The molecule has 2 heterocycles. The summed E-state index contributed by atoms with van der Waals surface area (Å²) in [5.74, 6) is 0.794. The van der Waals surface area contributed by atoms with Crippen molar-refractivity contribution in [2.75, 3.05) is 19.3 Å². The van der Waals surface area contributed by atoms with Crippen LogP contribution in [-0.4, -0.2) is 49.1 Å². The highest BCUT2D eigenvalue weighted by Crippen LogP contribution is 2.41. The average molecular weight is 404 g/mol. The standard InChI is InChI=1S/C21H29N3O3S/c1-28(26,27)23-21(14-16-6-7-16)10-12-24(13-11-21)20(25)9-8-17-15-22-19-5-3-2-4-18(17)19/h2-5,15-16,22-23H,6-14H2,1H3. The fraction of sp³-hybridized carbons (Fsp3) is 0.571. The molecule has 152 valence electrons. The molecule has 0 bridgehead atoms. The monoisotopic (exact) mass is 403 g/mol. The number of sulfonamides is 1. The van der Waals surface area contributed by atoms with Crippen molar-refractivity contribution in [2.24, 2.45) is 5.92 Å². The van der Waals surface area contributed by atoms with Gasteiger partial charge in [0.05, 0.1) is 6.26 Å². The number of H-pyrrole nitrogens is 1. The summed E-state index contributed by atoms with van der Waals surface area (Å²) < 4.78 is 26.6. The molecule has 0 atom stereocenters. The molecule has 4 rings (SSSR count). The molecule has 6 nitrogen and oxygen atoms in total. The fourth-order valence-electron chi connectivity index (χ4n) is 4.54. The van der Waals surface area contributed by atoms with Gasteiger partial charge in [0.25, 0.3) is 0 Å². The predicted octanol–water partition coefficient (Wildman–Crippen LogP) is 2.81. The van der Waals surface area contributed by atoms with Gasteiger partial charge in [-0.3, -0.25) is 4.79 Å². The fourth-order valence-corrected chi connectivity index (χ4v) is 5.61. The number of benzene rings is 1. The van der Waals surface area contributed by atoms with Crippen LogP contribution in [0.25, 0.3) is 10.9 Å². The number of piperidine rings is 1. The maximum Gasteiger partial charge on any atom is 0.222 e. The first kappa shape index (κ1) is 19.5. The third-order valence-corrected chi connectivity index (χ3v) is 6.94. The molecule has 1 aromatic heterocycles. The van der Waals surface area contributed by atoms with Gasteiger partial charge in [0, 0.05) is 42.1 Å². The highest BCUT2D eigenvalue weighted by Gasteiger charge is 2.41. The second kappa shape index (κ2) is 7.52. The third kappa shape index (κ3) is 4.58. The van der Waals surface area contributed by atoms with E-state index in [4.69, 9.17) is 0 Å². The molecule has 2 aliphatic rings. The average Bonchev–Trinajstić information content (AvgIpc) is 3.35. The van der Waals surface area contributed by atoms with Gasteiger partial charge in [-0.05, 0) is 43.2 Å². The summed E-state index contributed by atoms with van der Waals surface area (Å²) in [4.78, 5) is 17.9. The number of nitrogens with zero attached hydrogens (tertiary/aromatic N) is 1. The van der Waals surface area contributed by atoms with Crippen molar-refractivity contribution in [3.63, 3.8) is 0 Å². The number of aromatic nitrogens is 1. The minimum atomic E-state index is -3.26. The Bertz CT molecular complexity index is 954. The molecule has 1 aromatic carbocycles. The van der Waals surface area contributed by atoms with Crippen molar-refractivity contribution in [2.45, 2.75) is 50.5 Å². The molecule has 1 aliphatic carbocycles. The molecule has 28 heavy (non-hydrogen) atoms. The largest absolute Gasteiger partial charge is 0.361 e. The molecule has 1 amide bonds. The number of likely N-dealkylation sites (tertiary alicyclic amines) is 1. The number of para-hydroxylation sites is 1. The van der Waals surface area contributed by atoms with Gasteiger partial charge in [0.1, 0.15) is 0 Å². The first-order chi connectivity index (χ1) is 13.3. The highest BCUT2D eigenvalue weighted by atomic mass is 32.2. The van der Waals surface area contributed by atoms with E-state index in [1.165, 1.54) is 30.0 Å². The van der Waals surface area contributed by atoms with Crippen LogP contribution < -0.4 is 4.72 Å². The Kier molecular flexibility index (Phi) is 5.22. The molecular formula is C21H29N3O3S. The van der Waals surface area contributed by atoms with Gasteiger partial charge in [-0.25, -0.2) is 13.1 Å². The Morgan fingerprint density at radius 1 is 1.25 bits per heavy atom. The van der Waals surface area contributed by atoms with E-state index in [-0.39, 0.29) is 11.4 Å². The molecule has 0 spiro atoms. The number of aromatic amines is 1. The molecule has 1 saturated heterocycles. The number of fused-ring (bicyclic) bond motifs is 1. The maximum absolute atomic E-state index is 12.7. The second-order valence-corrected chi connectivity index (χ2v) is 10.3. The van der Waals surface area contributed by atoms with Crippen molar-refractivity contribution in [1.29, 1.82) is 0 Å². The van der Waals surface area contributed by atoms with E-state index < -0.39 is 10.0 Å². The van der Waals surface area contributed by atoms with Crippen molar-refractivity contribution in [3.8, 4) is 0 Å². The van der Waals surface area contributed by atoms with Crippen LogP contribution in [0.1, 0.15) is 44.1 Å². The Morgan fingerprint density at radius 2 is 1.96 bits per heavy atom. The molecule has 0 radical (unpaired) electrons. The van der Waals surface area contributed by atoms with Crippen molar-refractivity contribution >= 4 is 26.8 Å². The minimum Gasteiger partial charge on any atom is -0.361 e. The van der Waals surface area contributed by atoms with Gasteiger partial charge in [-0.15, -0.1) is 0 Å². The number of aryl methyl sites for hydroxylation is 1. The predicted molar refractivity (Wildman–Crippen MR) is 110 cm³/mol. The summed E-state index contributed by atoms with van der Waals surface area (Å²) in [5.41, 5.74) is 1.89.